The lowest BCUT2D eigenvalue weighted by Crippen LogP contribution is -2.30. The zero-order chi connectivity index (χ0) is 13.7. The SMILES string of the molecule is C=C(C)C(=O)OCC(=O)C(=O)OC1CCOC1=O. The number of carbonyl (C=O) groups excluding carboxylic acids is 4. The standard InChI is InChI=1S/C11H12O7/c1-6(2)9(13)17-5-7(12)10(14)18-8-3-4-16-11(8)15/h8H,1,3-5H2,2H3. The van der Waals surface area contributed by atoms with Gasteiger partial charge in [-0.15, -0.1) is 0 Å². The van der Waals surface area contributed by atoms with Gasteiger partial charge < -0.3 is 14.2 Å². The van der Waals surface area contributed by atoms with Crippen LogP contribution in [0.3, 0.4) is 0 Å². The number of rotatable bonds is 5. The number of Topliss-reactive ketones (excluding diaryl/α,β-unsaturated/α-hetero) is 1. The van der Waals surface area contributed by atoms with E-state index in [1.807, 2.05) is 0 Å². The zero-order valence-electron chi connectivity index (χ0n) is 9.76. The van der Waals surface area contributed by atoms with Gasteiger partial charge in [0.2, 0.25) is 6.10 Å². The Labute approximate surface area is 103 Å². The van der Waals surface area contributed by atoms with E-state index in [-0.39, 0.29) is 18.6 Å². The first-order valence-corrected chi connectivity index (χ1v) is 5.15. The van der Waals surface area contributed by atoms with E-state index in [1.54, 1.807) is 0 Å². The Kier molecular flexibility index (Phi) is 4.59. The monoisotopic (exact) mass is 256 g/mol. The fourth-order valence-corrected chi connectivity index (χ4v) is 1.09. The Morgan fingerprint density at radius 1 is 1.39 bits per heavy atom. The van der Waals surface area contributed by atoms with E-state index in [4.69, 9.17) is 0 Å². The molecule has 1 unspecified atom stereocenters. The normalized spacial score (nSPS) is 17.8. The van der Waals surface area contributed by atoms with Gasteiger partial charge in [-0.3, -0.25) is 4.79 Å². The van der Waals surface area contributed by atoms with Gasteiger partial charge in [0.25, 0.3) is 5.78 Å². The molecule has 1 atom stereocenters. The van der Waals surface area contributed by atoms with Crippen molar-refractivity contribution in [3.8, 4) is 0 Å². The molecule has 0 aromatic carbocycles. The third-order valence-corrected chi connectivity index (χ3v) is 2.05. The third kappa shape index (κ3) is 3.69. The predicted octanol–water partition coefficient (Wildman–Crippen LogP) is -0.467. The highest BCUT2D eigenvalue weighted by molar-refractivity contribution is 6.34. The summed E-state index contributed by atoms with van der Waals surface area (Å²) in [6.45, 7) is 4.11. The molecule has 98 valence electrons. The van der Waals surface area contributed by atoms with Crippen molar-refractivity contribution >= 4 is 23.7 Å². The first kappa shape index (κ1) is 13.9. The van der Waals surface area contributed by atoms with Crippen LogP contribution in [0.5, 0.6) is 0 Å². The molecule has 1 aliphatic rings. The molecule has 0 N–H and O–H groups in total. The van der Waals surface area contributed by atoms with Crippen LogP contribution in [-0.4, -0.2) is 43.0 Å². The van der Waals surface area contributed by atoms with Crippen molar-refractivity contribution < 1.29 is 33.4 Å². The van der Waals surface area contributed by atoms with Gasteiger partial charge in [0.1, 0.15) is 0 Å². The van der Waals surface area contributed by atoms with Crippen molar-refractivity contribution in [3.05, 3.63) is 12.2 Å². The van der Waals surface area contributed by atoms with Gasteiger partial charge in [0.15, 0.2) is 6.61 Å². The van der Waals surface area contributed by atoms with Crippen molar-refractivity contribution in [3.63, 3.8) is 0 Å². The summed E-state index contributed by atoms with van der Waals surface area (Å²) in [5.41, 5.74) is 0.107. The van der Waals surface area contributed by atoms with Crippen molar-refractivity contribution in [1.29, 1.82) is 0 Å². The number of ketones is 1. The summed E-state index contributed by atoms with van der Waals surface area (Å²) >= 11 is 0. The van der Waals surface area contributed by atoms with Gasteiger partial charge in [0.05, 0.1) is 6.61 Å². The molecule has 0 radical (unpaired) electrons. The van der Waals surface area contributed by atoms with Crippen LogP contribution >= 0.6 is 0 Å². The molecule has 1 fully saturated rings. The van der Waals surface area contributed by atoms with Gasteiger partial charge in [-0.05, 0) is 6.92 Å². The largest absolute Gasteiger partial charge is 0.463 e. The quantitative estimate of drug-likeness (QED) is 0.284. The highest BCUT2D eigenvalue weighted by Crippen LogP contribution is 2.10. The number of hydrogen-bond donors (Lipinski definition) is 0. The molecule has 18 heavy (non-hydrogen) atoms. The van der Waals surface area contributed by atoms with Crippen LogP contribution in [0, 0.1) is 0 Å². The fraction of sp³-hybridized carbons (Fsp3) is 0.455. The molecular weight excluding hydrogens is 244 g/mol. The van der Waals surface area contributed by atoms with Crippen molar-refractivity contribution in [2.75, 3.05) is 13.2 Å². The summed E-state index contributed by atoms with van der Waals surface area (Å²) in [5, 5.41) is 0. The van der Waals surface area contributed by atoms with Gasteiger partial charge in [-0.2, -0.15) is 0 Å². The zero-order valence-corrected chi connectivity index (χ0v) is 9.76. The first-order chi connectivity index (χ1) is 8.41. The molecule has 0 aromatic rings. The number of cyclic esters (lactones) is 1. The number of ether oxygens (including phenoxy) is 3. The molecule has 1 rings (SSSR count). The average Bonchev–Trinajstić information content (AvgIpc) is 2.71. The van der Waals surface area contributed by atoms with Crippen LogP contribution in [0.2, 0.25) is 0 Å². The number of esters is 3. The highest BCUT2D eigenvalue weighted by atomic mass is 16.6. The van der Waals surface area contributed by atoms with Crippen LogP contribution < -0.4 is 0 Å². The van der Waals surface area contributed by atoms with Crippen molar-refractivity contribution in [1.82, 2.24) is 0 Å². The summed E-state index contributed by atoms with van der Waals surface area (Å²) in [4.78, 5) is 44.4. The van der Waals surface area contributed by atoms with Crippen LogP contribution in [0.4, 0.5) is 0 Å². The minimum Gasteiger partial charge on any atom is -0.463 e. The Hall–Kier alpha value is -2.18. The lowest BCUT2D eigenvalue weighted by Gasteiger charge is -2.07. The number of hydrogen-bond acceptors (Lipinski definition) is 7. The van der Waals surface area contributed by atoms with E-state index in [1.165, 1.54) is 6.92 Å². The van der Waals surface area contributed by atoms with E-state index < -0.39 is 36.4 Å². The Balaban J connectivity index is 2.37. The molecule has 1 aliphatic heterocycles. The van der Waals surface area contributed by atoms with Gasteiger partial charge in [-0.25, -0.2) is 14.4 Å². The Bertz CT molecular complexity index is 410. The molecular formula is C11H12O7. The van der Waals surface area contributed by atoms with E-state index in [0.717, 1.165) is 0 Å². The summed E-state index contributed by atoms with van der Waals surface area (Å²) in [5.74, 6) is -3.75. The highest BCUT2D eigenvalue weighted by Gasteiger charge is 2.32. The lowest BCUT2D eigenvalue weighted by molar-refractivity contribution is -0.166. The topological polar surface area (TPSA) is 96.0 Å². The van der Waals surface area contributed by atoms with Gasteiger partial charge >= 0.3 is 17.9 Å². The predicted molar refractivity (Wildman–Crippen MR) is 56.2 cm³/mol. The molecule has 0 aliphatic carbocycles. The first-order valence-electron chi connectivity index (χ1n) is 5.15. The van der Waals surface area contributed by atoms with Crippen LogP contribution in [0.15, 0.2) is 12.2 Å². The molecule has 1 heterocycles. The van der Waals surface area contributed by atoms with Gasteiger partial charge in [-0.1, -0.05) is 6.58 Å². The lowest BCUT2D eigenvalue weighted by atomic mass is 10.3. The van der Waals surface area contributed by atoms with E-state index >= 15 is 0 Å². The van der Waals surface area contributed by atoms with Crippen LogP contribution in [0.25, 0.3) is 0 Å². The van der Waals surface area contributed by atoms with Crippen molar-refractivity contribution in [2.45, 2.75) is 19.4 Å². The molecule has 0 bridgehead atoms. The van der Waals surface area contributed by atoms with E-state index in [9.17, 15) is 19.2 Å². The third-order valence-electron chi connectivity index (χ3n) is 2.05. The molecule has 7 heteroatoms. The Morgan fingerprint density at radius 3 is 2.56 bits per heavy atom. The fourth-order valence-electron chi connectivity index (χ4n) is 1.09. The average molecular weight is 256 g/mol. The second kappa shape index (κ2) is 5.95. The second-order valence-corrected chi connectivity index (χ2v) is 3.63. The molecule has 0 saturated carbocycles. The summed E-state index contributed by atoms with van der Waals surface area (Å²) < 4.78 is 13.6. The number of carbonyl (C=O) groups is 4. The van der Waals surface area contributed by atoms with E-state index in [0.29, 0.717) is 0 Å². The maximum absolute atomic E-state index is 11.2. The van der Waals surface area contributed by atoms with E-state index in [2.05, 4.69) is 20.8 Å². The van der Waals surface area contributed by atoms with Crippen LogP contribution in [0.1, 0.15) is 13.3 Å². The molecule has 0 aromatic heterocycles. The summed E-state index contributed by atoms with van der Waals surface area (Å²) in [6, 6.07) is 0. The van der Waals surface area contributed by atoms with Gasteiger partial charge in [0, 0.05) is 12.0 Å². The minimum atomic E-state index is -1.23. The second-order valence-electron chi connectivity index (χ2n) is 3.63. The molecule has 7 nitrogen and oxygen atoms in total. The summed E-state index contributed by atoms with van der Waals surface area (Å²) in [6.07, 6.45) is -0.845. The maximum Gasteiger partial charge on any atom is 0.379 e. The molecule has 1 saturated heterocycles. The Morgan fingerprint density at radius 2 is 2.06 bits per heavy atom. The smallest absolute Gasteiger partial charge is 0.379 e. The van der Waals surface area contributed by atoms with Crippen molar-refractivity contribution in [2.24, 2.45) is 0 Å². The minimum absolute atomic E-state index is 0.107. The van der Waals surface area contributed by atoms with Crippen LogP contribution in [-0.2, 0) is 33.4 Å². The summed E-state index contributed by atoms with van der Waals surface area (Å²) in [7, 11) is 0. The molecule has 0 amide bonds. The maximum atomic E-state index is 11.2. The molecule has 0 spiro atoms.